The molecule has 0 unspecified atom stereocenters. The van der Waals surface area contributed by atoms with Gasteiger partial charge < -0.3 is 14.2 Å². The maximum Gasteiger partial charge on any atom is 0.333 e. The molecule has 0 heterocycles. The Morgan fingerprint density at radius 3 is 2.32 bits per heavy atom. The fourth-order valence-electron chi connectivity index (χ4n) is 2.22. The van der Waals surface area contributed by atoms with Gasteiger partial charge in [-0.15, -0.1) is 0 Å². The fourth-order valence-corrected chi connectivity index (χ4v) is 2.22. The van der Waals surface area contributed by atoms with Gasteiger partial charge in [-0.1, -0.05) is 25.1 Å². The van der Waals surface area contributed by atoms with Gasteiger partial charge in [0.1, 0.15) is 11.5 Å². The number of hydrogen-bond acceptors (Lipinski definition) is 5. The quantitative estimate of drug-likeness (QED) is 0.476. The van der Waals surface area contributed by atoms with Gasteiger partial charge in [0.15, 0.2) is 0 Å². The fraction of sp³-hybridized carbons (Fsp3) is 0.500. The van der Waals surface area contributed by atoms with E-state index in [-0.39, 0.29) is 23.8 Å². The summed E-state index contributed by atoms with van der Waals surface area (Å²) in [5.41, 5.74) is 1.52. The van der Waals surface area contributed by atoms with Crippen molar-refractivity contribution in [3.63, 3.8) is 0 Å². The maximum atomic E-state index is 11.8. The normalized spacial score (nSPS) is 13.9. The molecule has 138 valence electrons. The van der Waals surface area contributed by atoms with Crippen molar-refractivity contribution >= 4 is 11.8 Å². The Morgan fingerprint density at radius 2 is 1.80 bits per heavy atom. The molecule has 5 nitrogen and oxygen atoms in total. The van der Waals surface area contributed by atoms with Crippen LogP contribution in [0, 0.1) is 5.92 Å². The molecule has 0 aliphatic heterocycles. The second kappa shape index (κ2) is 10.7. The molecular weight excluding hydrogens is 320 g/mol. The van der Waals surface area contributed by atoms with E-state index in [1.165, 1.54) is 0 Å². The molecule has 0 spiro atoms. The van der Waals surface area contributed by atoms with Crippen LogP contribution in [0.2, 0.25) is 0 Å². The van der Waals surface area contributed by atoms with Crippen molar-refractivity contribution in [2.24, 2.45) is 5.92 Å². The minimum absolute atomic E-state index is 0.0573. The molecule has 1 rings (SSSR count). The molecule has 0 fully saturated rings. The zero-order valence-corrected chi connectivity index (χ0v) is 15.7. The van der Waals surface area contributed by atoms with Crippen LogP contribution >= 0.6 is 0 Å². The summed E-state index contributed by atoms with van der Waals surface area (Å²) in [6.07, 6.45) is 1.95. The van der Waals surface area contributed by atoms with Gasteiger partial charge in [0, 0.05) is 11.5 Å². The van der Waals surface area contributed by atoms with Gasteiger partial charge >= 0.3 is 5.97 Å². The average molecular weight is 348 g/mol. The molecule has 0 aromatic heterocycles. The Balaban J connectivity index is 2.74. The number of carbonyl (C=O) groups is 2. The Morgan fingerprint density at radius 1 is 1.16 bits per heavy atom. The standard InChI is InChI=1S/C20H28O5/c1-6-24-20(22)14(2)7-12-19(15(3)16(4)21)25-13-17-8-10-18(23-5)11-9-17/h7-11,15,19H,6,12-13H2,1-5H3/b14-7-/t15-,19+/m0/s1. The van der Waals surface area contributed by atoms with Gasteiger partial charge in [0.2, 0.25) is 0 Å². The SMILES string of the molecule is CCOC(=O)/C(C)=C\C[C@@H](OCc1ccc(OC)cc1)[C@@H](C)C(C)=O. The number of esters is 1. The number of Topliss-reactive ketones (excluding diaryl/α,β-unsaturated/α-hetero) is 1. The molecule has 2 atom stereocenters. The minimum Gasteiger partial charge on any atom is -0.497 e. The summed E-state index contributed by atoms with van der Waals surface area (Å²) in [5, 5.41) is 0. The van der Waals surface area contributed by atoms with Crippen molar-refractivity contribution in [1.29, 1.82) is 0 Å². The molecule has 0 aliphatic rings. The van der Waals surface area contributed by atoms with Crippen molar-refractivity contribution in [3.05, 3.63) is 41.5 Å². The van der Waals surface area contributed by atoms with E-state index in [2.05, 4.69) is 0 Å². The Kier molecular flexibility index (Phi) is 8.92. The highest BCUT2D eigenvalue weighted by Crippen LogP contribution is 2.18. The third-order valence-corrected chi connectivity index (χ3v) is 4.08. The molecule has 0 amide bonds. The van der Waals surface area contributed by atoms with E-state index in [0.717, 1.165) is 11.3 Å². The van der Waals surface area contributed by atoms with E-state index in [9.17, 15) is 9.59 Å². The molecule has 1 aromatic carbocycles. The van der Waals surface area contributed by atoms with Crippen LogP contribution in [0.15, 0.2) is 35.9 Å². The zero-order chi connectivity index (χ0) is 18.8. The molecule has 0 N–H and O–H groups in total. The van der Waals surface area contributed by atoms with Gasteiger partial charge in [-0.25, -0.2) is 4.79 Å². The van der Waals surface area contributed by atoms with E-state index < -0.39 is 0 Å². The Labute approximate surface area is 150 Å². The highest BCUT2D eigenvalue weighted by atomic mass is 16.5. The minimum atomic E-state index is -0.341. The number of rotatable bonds is 10. The van der Waals surface area contributed by atoms with Gasteiger partial charge in [-0.05, 0) is 44.9 Å². The van der Waals surface area contributed by atoms with E-state index in [1.54, 1.807) is 34.0 Å². The number of methoxy groups -OCH3 is 1. The van der Waals surface area contributed by atoms with E-state index >= 15 is 0 Å². The highest BCUT2D eigenvalue weighted by molar-refractivity contribution is 5.87. The molecule has 0 saturated heterocycles. The summed E-state index contributed by atoms with van der Waals surface area (Å²) in [6, 6.07) is 7.59. The first kappa shape index (κ1) is 20.9. The van der Waals surface area contributed by atoms with Crippen molar-refractivity contribution in [1.82, 2.24) is 0 Å². The molecule has 1 aromatic rings. The Hall–Kier alpha value is -2.14. The predicted molar refractivity (Wildman–Crippen MR) is 96.4 cm³/mol. The lowest BCUT2D eigenvalue weighted by Crippen LogP contribution is -2.26. The highest BCUT2D eigenvalue weighted by Gasteiger charge is 2.21. The Bertz CT molecular complexity index is 589. The van der Waals surface area contributed by atoms with Crippen molar-refractivity contribution < 1.29 is 23.8 Å². The van der Waals surface area contributed by atoms with Crippen molar-refractivity contribution in [2.45, 2.75) is 46.8 Å². The van der Waals surface area contributed by atoms with Crippen LogP contribution in [0.5, 0.6) is 5.75 Å². The van der Waals surface area contributed by atoms with E-state index in [0.29, 0.717) is 25.2 Å². The largest absolute Gasteiger partial charge is 0.497 e. The van der Waals surface area contributed by atoms with Crippen LogP contribution in [-0.2, 0) is 25.7 Å². The molecule has 25 heavy (non-hydrogen) atoms. The summed E-state index contributed by atoms with van der Waals surface area (Å²) in [6.45, 7) is 7.59. The first-order chi connectivity index (χ1) is 11.9. The van der Waals surface area contributed by atoms with E-state index in [1.807, 2.05) is 31.2 Å². The summed E-state index contributed by atoms with van der Waals surface area (Å²) in [4.78, 5) is 23.4. The van der Waals surface area contributed by atoms with Crippen LogP contribution < -0.4 is 4.74 Å². The van der Waals surface area contributed by atoms with Gasteiger partial charge in [0.25, 0.3) is 0 Å². The average Bonchev–Trinajstić information content (AvgIpc) is 2.61. The third kappa shape index (κ3) is 7.10. The lowest BCUT2D eigenvalue weighted by Gasteiger charge is -2.22. The van der Waals surface area contributed by atoms with Crippen LogP contribution in [0.4, 0.5) is 0 Å². The lowest BCUT2D eigenvalue weighted by molar-refractivity contribution is -0.138. The summed E-state index contributed by atoms with van der Waals surface area (Å²) in [5.74, 6) is 0.240. The molecule has 5 heteroatoms. The van der Waals surface area contributed by atoms with Gasteiger partial charge in [-0.2, -0.15) is 0 Å². The number of hydrogen-bond donors (Lipinski definition) is 0. The number of carbonyl (C=O) groups excluding carboxylic acids is 2. The predicted octanol–water partition coefficient (Wildman–Crippen LogP) is 3.71. The number of ether oxygens (including phenoxy) is 3. The van der Waals surface area contributed by atoms with Crippen LogP contribution in [0.25, 0.3) is 0 Å². The first-order valence-corrected chi connectivity index (χ1v) is 8.47. The molecular formula is C20H28O5. The molecule has 0 saturated carbocycles. The third-order valence-electron chi connectivity index (χ3n) is 4.08. The van der Waals surface area contributed by atoms with Crippen LogP contribution in [0.3, 0.4) is 0 Å². The summed E-state index contributed by atoms with van der Waals surface area (Å²) in [7, 11) is 1.62. The smallest absolute Gasteiger partial charge is 0.333 e. The monoisotopic (exact) mass is 348 g/mol. The second-order valence-corrected chi connectivity index (χ2v) is 5.94. The van der Waals surface area contributed by atoms with Crippen LogP contribution in [-0.4, -0.2) is 31.6 Å². The zero-order valence-electron chi connectivity index (χ0n) is 15.7. The summed E-state index contributed by atoms with van der Waals surface area (Å²) >= 11 is 0. The maximum absolute atomic E-state index is 11.8. The number of ketones is 1. The second-order valence-electron chi connectivity index (χ2n) is 5.94. The molecule has 0 aliphatic carbocycles. The van der Waals surface area contributed by atoms with Gasteiger partial charge in [0.05, 0.1) is 26.4 Å². The molecule has 0 bridgehead atoms. The molecule has 0 radical (unpaired) electrons. The first-order valence-electron chi connectivity index (χ1n) is 8.47. The van der Waals surface area contributed by atoms with Crippen LogP contribution in [0.1, 0.15) is 39.7 Å². The summed E-state index contributed by atoms with van der Waals surface area (Å²) < 4.78 is 16.1. The van der Waals surface area contributed by atoms with Crippen molar-refractivity contribution in [3.8, 4) is 5.75 Å². The van der Waals surface area contributed by atoms with E-state index in [4.69, 9.17) is 14.2 Å². The lowest BCUT2D eigenvalue weighted by atomic mass is 9.97. The van der Waals surface area contributed by atoms with Crippen molar-refractivity contribution in [2.75, 3.05) is 13.7 Å². The topological polar surface area (TPSA) is 61.8 Å². The van der Waals surface area contributed by atoms with Gasteiger partial charge in [-0.3, -0.25) is 4.79 Å². The number of benzene rings is 1.